The fourth-order valence-electron chi connectivity index (χ4n) is 1.53. The molecule has 0 aromatic carbocycles. The lowest BCUT2D eigenvalue weighted by Gasteiger charge is -2.02. The van der Waals surface area contributed by atoms with Crippen molar-refractivity contribution in [1.82, 2.24) is 20.2 Å². The van der Waals surface area contributed by atoms with E-state index in [9.17, 15) is 19.5 Å². The molecule has 2 aromatic rings. The molecule has 0 aliphatic heterocycles. The molecule has 2 aromatic heterocycles. The molecule has 0 saturated carbocycles. The fourth-order valence-corrected chi connectivity index (χ4v) is 2.19. The third-order valence-electron chi connectivity index (χ3n) is 2.50. The molecule has 0 spiro atoms. The molecule has 0 saturated heterocycles. The molecule has 1 amide bonds. The lowest BCUT2D eigenvalue weighted by Crippen LogP contribution is -2.25. The van der Waals surface area contributed by atoms with Crippen molar-refractivity contribution in [2.45, 2.75) is 6.92 Å². The van der Waals surface area contributed by atoms with Gasteiger partial charge in [0.15, 0.2) is 5.06 Å². The number of hydrogen-bond acceptors (Lipinski definition) is 7. The number of aryl methyl sites for hydroxylation is 1. The van der Waals surface area contributed by atoms with Gasteiger partial charge in [0.2, 0.25) is 0 Å². The second-order valence-corrected chi connectivity index (χ2v) is 5.03. The Morgan fingerprint density at radius 1 is 1.52 bits per heavy atom. The maximum atomic E-state index is 11.8. The largest absolute Gasteiger partial charge is 0.499 e. The summed E-state index contributed by atoms with van der Waals surface area (Å²) in [5, 5.41) is 16.7. The monoisotopic (exact) mass is 309 g/mol. The van der Waals surface area contributed by atoms with E-state index >= 15 is 0 Å². The van der Waals surface area contributed by atoms with Gasteiger partial charge < -0.3 is 5.11 Å². The van der Waals surface area contributed by atoms with Crippen molar-refractivity contribution in [3.63, 3.8) is 0 Å². The minimum Gasteiger partial charge on any atom is -0.499 e. The first-order valence-electron chi connectivity index (χ1n) is 5.68. The quantitative estimate of drug-likeness (QED) is 0.514. The second-order valence-electron chi connectivity index (χ2n) is 4.06. The second kappa shape index (κ2) is 5.71. The highest BCUT2D eigenvalue weighted by atomic mass is 32.1. The number of nitrogens with zero attached hydrogens (tertiary/aromatic N) is 3. The summed E-state index contributed by atoms with van der Waals surface area (Å²) in [6, 6.07) is 0. The average molecular weight is 309 g/mol. The first kappa shape index (κ1) is 14.7. The van der Waals surface area contributed by atoms with E-state index in [0.717, 1.165) is 0 Å². The topological polar surface area (TPSA) is 129 Å². The molecule has 2 heterocycles. The van der Waals surface area contributed by atoms with Gasteiger partial charge in [-0.05, 0) is 18.3 Å². The zero-order valence-electron chi connectivity index (χ0n) is 11.1. The van der Waals surface area contributed by atoms with Crippen LogP contribution in [0, 0.1) is 0 Å². The van der Waals surface area contributed by atoms with Gasteiger partial charge in [0.05, 0.1) is 17.5 Å². The van der Waals surface area contributed by atoms with Crippen molar-refractivity contribution >= 4 is 23.0 Å². The van der Waals surface area contributed by atoms with E-state index in [0.29, 0.717) is 16.9 Å². The number of aromatic nitrogens is 3. The Labute approximate surface area is 121 Å². The van der Waals surface area contributed by atoms with Crippen molar-refractivity contribution < 1.29 is 9.90 Å². The van der Waals surface area contributed by atoms with Crippen LogP contribution in [0.1, 0.15) is 22.8 Å². The van der Waals surface area contributed by atoms with Crippen LogP contribution < -0.4 is 15.9 Å². The van der Waals surface area contributed by atoms with Crippen LogP contribution in [0.3, 0.4) is 0 Å². The molecule has 3 N–H and O–H groups in total. The minimum absolute atomic E-state index is 0.0715. The average Bonchev–Trinajstić information content (AvgIpc) is 2.81. The summed E-state index contributed by atoms with van der Waals surface area (Å²) in [4.78, 5) is 35.7. The summed E-state index contributed by atoms with van der Waals surface area (Å²) in [7, 11) is 1.66. The SMILES string of the molecule is C/C(=N\NC(=O)c1cnn(C)c1)c1c(O)sc(=O)[nH]c1=O. The Kier molecular flexibility index (Phi) is 3.98. The lowest BCUT2D eigenvalue weighted by molar-refractivity contribution is 0.0954. The molecule has 0 bridgehead atoms. The van der Waals surface area contributed by atoms with Gasteiger partial charge in [-0.15, -0.1) is 0 Å². The molecule has 0 fully saturated rings. The van der Waals surface area contributed by atoms with Gasteiger partial charge >= 0.3 is 4.87 Å². The predicted octanol–water partition coefficient (Wildman–Crippen LogP) is -0.610. The molecular weight excluding hydrogens is 298 g/mol. The third-order valence-corrected chi connectivity index (χ3v) is 3.18. The third kappa shape index (κ3) is 3.23. The van der Waals surface area contributed by atoms with Gasteiger partial charge in [0.1, 0.15) is 5.56 Å². The summed E-state index contributed by atoms with van der Waals surface area (Å²) in [6.45, 7) is 1.42. The predicted molar refractivity (Wildman–Crippen MR) is 75.8 cm³/mol. The fraction of sp³-hybridized carbons (Fsp3) is 0.182. The van der Waals surface area contributed by atoms with Gasteiger partial charge in [0.25, 0.3) is 11.5 Å². The number of aromatic hydroxyl groups is 1. The molecule has 0 unspecified atom stereocenters. The highest BCUT2D eigenvalue weighted by molar-refractivity contribution is 7.11. The summed E-state index contributed by atoms with van der Waals surface area (Å²) in [6.07, 6.45) is 2.86. The van der Waals surface area contributed by atoms with E-state index < -0.39 is 21.4 Å². The van der Waals surface area contributed by atoms with E-state index in [1.54, 1.807) is 7.05 Å². The Hall–Kier alpha value is -2.75. The van der Waals surface area contributed by atoms with Crippen LogP contribution in [0.25, 0.3) is 0 Å². The van der Waals surface area contributed by atoms with Crippen molar-refractivity contribution in [2.24, 2.45) is 12.1 Å². The Morgan fingerprint density at radius 2 is 2.24 bits per heavy atom. The number of aromatic amines is 1. The number of rotatable bonds is 3. The van der Waals surface area contributed by atoms with Gasteiger partial charge in [-0.3, -0.25) is 24.0 Å². The van der Waals surface area contributed by atoms with Gasteiger partial charge in [-0.25, -0.2) is 5.43 Å². The van der Waals surface area contributed by atoms with Crippen molar-refractivity contribution in [2.75, 3.05) is 0 Å². The number of nitrogens with one attached hydrogen (secondary N) is 2. The van der Waals surface area contributed by atoms with Gasteiger partial charge in [-0.2, -0.15) is 10.2 Å². The van der Waals surface area contributed by atoms with Crippen molar-refractivity contribution in [3.05, 3.63) is 43.5 Å². The van der Waals surface area contributed by atoms with Crippen LogP contribution >= 0.6 is 11.3 Å². The summed E-state index contributed by atoms with van der Waals surface area (Å²) >= 11 is 0.473. The van der Waals surface area contributed by atoms with E-state index in [4.69, 9.17) is 0 Å². The first-order chi connectivity index (χ1) is 9.88. The summed E-state index contributed by atoms with van der Waals surface area (Å²) in [5.74, 6) is -0.512. The molecular formula is C11H11N5O4S. The molecule has 0 aliphatic carbocycles. The van der Waals surface area contributed by atoms with Crippen molar-refractivity contribution in [1.29, 1.82) is 0 Å². The molecule has 0 radical (unpaired) electrons. The normalized spacial score (nSPS) is 11.4. The molecule has 2 rings (SSSR count). The number of carbonyl (C=O) groups is 1. The van der Waals surface area contributed by atoms with E-state index in [-0.39, 0.29) is 11.3 Å². The zero-order valence-corrected chi connectivity index (χ0v) is 11.9. The van der Waals surface area contributed by atoms with Crippen LogP contribution in [-0.2, 0) is 7.05 Å². The number of carbonyl (C=O) groups excluding carboxylic acids is 1. The Balaban J connectivity index is 2.24. The molecule has 21 heavy (non-hydrogen) atoms. The number of amides is 1. The number of hydrazone groups is 1. The maximum absolute atomic E-state index is 11.8. The number of hydrogen-bond donors (Lipinski definition) is 3. The summed E-state index contributed by atoms with van der Waals surface area (Å²) in [5.41, 5.74) is 1.67. The van der Waals surface area contributed by atoms with Crippen LogP contribution in [0.15, 0.2) is 27.1 Å². The molecule has 10 heteroatoms. The lowest BCUT2D eigenvalue weighted by atomic mass is 10.2. The first-order valence-corrected chi connectivity index (χ1v) is 6.50. The highest BCUT2D eigenvalue weighted by Crippen LogP contribution is 2.14. The van der Waals surface area contributed by atoms with E-state index in [1.165, 1.54) is 24.0 Å². The van der Waals surface area contributed by atoms with Crippen LogP contribution in [-0.4, -0.2) is 31.5 Å². The smallest absolute Gasteiger partial charge is 0.310 e. The maximum Gasteiger partial charge on any atom is 0.310 e. The van der Waals surface area contributed by atoms with Gasteiger partial charge in [0, 0.05) is 13.2 Å². The van der Waals surface area contributed by atoms with Crippen molar-refractivity contribution in [3.8, 4) is 5.06 Å². The van der Waals surface area contributed by atoms with Gasteiger partial charge in [-0.1, -0.05) is 0 Å². The Morgan fingerprint density at radius 3 is 2.81 bits per heavy atom. The Bertz CT molecular complexity index is 832. The van der Waals surface area contributed by atoms with Crippen LogP contribution in [0.4, 0.5) is 0 Å². The summed E-state index contributed by atoms with van der Waals surface area (Å²) < 4.78 is 1.46. The highest BCUT2D eigenvalue weighted by Gasteiger charge is 2.13. The standard InChI is InChI=1S/C11H11N5O4S/c1-5(7-9(18)13-11(20)21-10(7)19)14-15-8(17)6-3-12-16(2)4-6/h3-4,19H,1-2H3,(H,15,17)(H,13,18,20)/b14-5+. The molecule has 0 atom stereocenters. The number of H-pyrrole nitrogens is 1. The van der Waals surface area contributed by atoms with Crippen LogP contribution in [0.5, 0.6) is 5.06 Å². The molecule has 9 nitrogen and oxygen atoms in total. The minimum atomic E-state index is -0.770. The molecule has 110 valence electrons. The molecule has 0 aliphatic rings. The van der Waals surface area contributed by atoms with E-state index in [1.807, 2.05) is 4.98 Å². The zero-order chi connectivity index (χ0) is 15.6. The van der Waals surface area contributed by atoms with E-state index in [2.05, 4.69) is 15.6 Å². The van der Waals surface area contributed by atoms with Crippen LogP contribution in [0.2, 0.25) is 0 Å².